The molecule has 2 rings (SSSR count). The number of nitrogens with one attached hydrogen (secondary N) is 1. The third kappa shape index (κ3) is 3.66. The van der Waals surface area contributed by atoms with Gasteiger partial charge in [-0.2, -0.15) is 0 Å². The first kappa shape index (κ1) is 16.5. The molecule has 0 aromatic heterocycles. The lowest BCUT2D eigenvalue weighted by atomic mass is 10.3. The smallest absolute Gasteiger partial charge is 0.263 e. The van der Waals surface area contributed by atoms with Crippen molar-refractivity contribution < 1.29 is 17.2 Å². The third-order valence-electron chi connectivity index (χ3n) is 2.44. The maximum absolute atomic E-state index is 13.7. The van der Waals surface area contributed by atoms with Crippen LogP contribution in [0.3, 0.4) is 0 Å². The number of sulfonamides is 1. The van der Waals surface area contributed by atoms with E-state index in [1.54, 1.807) is 0 Å². The van der Waals surface area contributed by atoms with Crippen LogP contribution in [0.25, 0.3) is 0 Å². The first-order valence-electron chi connectivity index (χ1n) is 5.33. The molecule has 2 aromatic rings. The Morgan fingerprint density at radius 3 is 2.38 bits per heavy atom. The van der Waals surface area contributed by atoms with Gasteiger partial charge in [-0.1, -0.05) is 23.2 Å². The van der Waals surface area contributed by atoms with Gasteiger partial charge < -0.3 is 0 Å². The average molecular weight is 417 g/mol. The molecule has 0 fully saturated rings. The number of hydrogen-bond donors (Lipinski definition) is 1. The zero-order valence-corrected chi connectivity index (χ0v) is 13.9. The zero-order valence-electron chi connectivity index (χ0n) is 10.0. The molecule has 2 aromatic carbocycles. The molecular formula is C12H6BrCl2F2NO2S. The van der Waals surface area contributed by atoms with E-state index >= 15 is 0 Å². The number of anilines is 1. The van der Waals surface area contributed by atoms with E-state index in [9.17, 15) is 17.2 Å². The van der Waals surface area contributed by atoms with Crippen molar-refractivity contribution in [2.24, 2.45) is 0 Å². The lowest BCUT2D eigenvalue weighted by molar-refractivity contribution is 0.592. The van der Waals surface area contributed by atoms with E-state index in [4.69, 9.17) is 23.2 Å². The minimum absolute atomic E-state index is 0.0927. The topological polar surface area (TPSA) is 46.2 Å². The SMILES string of the molecule is O=S(=O)(Nc1cc(F)c(Br)cc1F)c1cc(Cl)ccc1Cl. The fourth-order valence-corrected chi connectivity index (χ4v) is 3.62. The molecule has 3 nitrogen and oxygen atoms in total. The summed E-state index contributed by atoms with van der Waals surface area (Å²) in [7, 11) is -4.21. The second-order valence-electron chi connectivity index (χ2n) is 3.93. The maximum atomic E-state index is 13.7. The largest absolute Gasteiger partial charge is 0.276 e. The summed E-state index contributed by atoms with van der Waals surface area (Å²) in [5.41, 5.74) is -0.535. The third-order valence-corrected chi connectivity index (χ3v) is 5.13. The van der Waals surface area contributed by atoms with Crippen molar-refractivity contribution in [2.75, 3.05) is 4.72 Å². The van der Waals surface area contributed by atoms with Gasteiger partial charge in [-0.3, -0.25) is 4.72 Å². The molecule has 0 amide bonds. The molecule has 0 saturated heterocycles. The highest BCUT2D eigenvalue weighted by Crippen LogP contribution is 2.29. The fourth-order valence-electron chi connectivity index (χ4n) is 1.48. The van der Waals surface area contributed by atoms with E-state index in [1.165, 1.54) is 12.1 Å². The van der Waals surface area contributed by atoms with E-state index in [0.29, 0.717) is 0 Å². The van der Waals surface area contributed by atoms with Crippen LogP contribution in [0.2, 0.25) is 10.0 Å². The van der Waals surface area contributed by atoms with Gasteiger partial charge in [-0.05, 0) is 40.2 Å². The van der Waals surface area contributed by atoms with E-state index in [1.807, 2.05) is 4.72 Å². The first-order chi connectivity index (χ1) is 9.70. The van der Waals surface area contributed by atoms with E-state index in [-0.39, 0.29) is 19.4 Å². The van der Waals surface area contributed by atoms with Gasteiger partial charge >= 0.3 is 0 Å². The number of hydrogen-bond acceptors (Lipinski definition) is 2. The Balaban J connectivity index is 2.47. The number of rotatable bonds is 3. The van der Waals surface area contributed by atoms with Crippen LogP contribution in [0.4, 0.5) is 14.5 Å². The minimum atomic E-state index is -4.21. The van der Waals surface area contributed by atoms with Gasteiger partial charge in [0, 0.05) is 11.1 Å². The number of benzene rings is 2. The summed E-state index contributed by atoms with van der Waals surface area (Å²) in [6.45, 7) is 0. The summed E-state index contributed by atoms with van der Waals surface area (Å²) in [6.07, 6.45) is 0. The molecule has 0 bridgehead atoms. The highest BCUT2D eigenvalue weighted by atomic mass is 79.9. The summed E-state index contributed by atoms with van der Waals surface area (Å²) in [4.78, 5) is -0.334. The van der Waals surface area contributed by atoms with Crippen molar-refractivity contribution in [1.29, 1.82) is 0 Å². The predicted octanol–water partition coefficient (Wildman–Crippen LogP) is 4.83. The fraction of sp³-hybridized carbons (Fsp3) is 0. The lowest BCUT2D eigenvalue weighted by Crippen LogP contribution is -2.14. The molecule has 0 unspecified atom stereocenters. The van der Waals surface area contributed by atoms with Crippen LogP contribution >= 0.6 is 39.1 Å². The Hall–Kier alpha value is -0.890. The van der Waals surface area contributed by atoms with Crippen LogP contribution < -0.4 is 4.72 Å². The van der Waals surface area contributed by atoms with Crippen molar-refractivity contribution in [3.63, 3.8) is 0 Å². The first-order valence-corrected chi connectivity index (χ1v) is 8.36. The minimum Gasteiger partial charge on any atom is -0.276 e. The van der Waals surface area contributed by atoms with Gasteiger partial charge in [-0.15, -0.1) is 0 Å². The monoisotopic (exact) mass is 415 g/mol. The van der Waals surface area contributed by atoms with Crippen LogP contribution in [0, 0.1) is 11.6 Å². The molecule has 1 N–H and O–H groups in total. The summed E-state index contributed by atoms with van der Waals surface area (Å²) in [5, 5.41) is 0.0483. The van der Waals surface area contributed by atoms with Gasteiger partial charge in [0.15, 0.2) is 0 Å². The van der Waals surface area contributed by atoms with Crippen LogP contribution in [0.15, 0.2) is 39.7 Å². The molecule has 0 spiro atoms. The van der Waals surface area contributed by atoms with Crippen LogP contribution in [0.5, 0.6) is 0 Å². The number of halogens is 5. The highest BCUT2D eigenvalue weighted by Gasteiger charge is 2.21. The Bertz CT molecular complexity index is 815. The second-order valence-corrected chi connectivity index (χ2v) is 7.28. The lowest BCUT2D eigenvalue weighted by Gasteiger charge is -2.11. The molecule has 0 heterocycles. The summed E-state index contributed by atoms with van der Waals surface area (Å²) >= 11 is 14.3. The predicted molar refractivity (Wildman–Crippen MR) is 81.3 cm³/mol. The van der Waals surface area contributed by atoms with E-state index in [2.05, 4.69) is 15.9 Å². The van der Waals surface area contributed by atoms with Crippen LogP contribution in [0.1, 0.15) is 0 Å². The van der Waals surface area contributed by atoms with Crippen molar-refractivity contribution in [3.8, 4) is 0 Å². The Morgan fingerprint density at radius 2 is 1.71 bits per heavy atom. The van der Waals surface area contributed by atoms with Crippen LogP contribution in [-0.2, 0) is 10.0 Å². The molecule has 0 aliphatic rings. The molecular weight excluding hydrogens is 411 g/mol. The van der Waals surface area contributed by atoms with Crippen molar-refractivity contribution in [1.82, 2.24) is 0 Å². The van der Waals surface area contributed by atoms with Gasteiger partial charge in [0.1, 0.15) is 16.5 Å². The van der Waals surface area contributed by atoms with Gasteiger partial charge in [0.2, 0.25) is 0 Å². The van der Waals surface area contributed by atoms with E-state index < -0.39 is 27.3 Å². The summed E-state index contributed by atoms with van der Waals surface area (Å²) < 4.78 is 53.2. The highest BCUT2D eigenvalue weighted by molar-refractivity contribution is 9.10. The quantitative estimate of drug-likeness (QED) is 0.728. The molecule has 0 aliphatic carbocycles. The van der Waals surface area contributed by atoms with Crippen LogP contribution in [-0.4, -0.2) is 8.42 Å². The van der Waals surface area contributed by atoms with Crippen molar-refractivity contribution in [3.05, 3.63) is 56.5 Å². The van der Waals surface area contributed by atoms with Gasteiger partial charge in [0.25, 0.3) is 10.0 Å². The summed E-state index contributed by atoms with van der Waals surface area (Å²) in [6, 6.07) is 5.33. The zero-order chi connectivity index (χ0) is 15.8. The molecule has 112 valence electrons. The maximum Gasteiger partial charge on any atom is 0.263 e. The van der Waals surface area contributed by atoms with Crippen molar-refractivity contribution in [2.45, 2.75) is 4.90 Å². The second kappa shape index (κ2) is 6.08. The normalized spacial score (nSPS) is 11.5. The summed E-state index contributed by atoms with van der Waals surface area (Å²) in [5.74, 6) is -1.75. The Kier molecular flexibility index (Phi) is 4.77. The standard InChI is InChI=1S/C12H6BrCl2F2NO2S/c13-7-4-10(17)11(5-9(7)16)18-21(19,20)12-3-6(14)1-2-8(12)15/h1-5,18H. The van der Waals surface area contributed by atoms with Crippen molar-refractivity contribution >= 4 is 54.8 Å². The Labute approximate surface area is 138 Å². The van der Waals surface area contributed by atoms with Gasteiger partial charge in [0.05, 0.1) is 15.2 Å². The van der Waals surface area contributed by atoms with E-state index in [0.717, 1.165) is 18.2 Å². The average Bonchev–Trinajstić information content (AvgIpc) is 2.38. The Morgan fingerprint density at radius 1 is 1.05 bits per heavy atom. The molecule has 0 radical (unpaired) electrons. The van der Waals surface area contributed by atoms with Gasteiger partial charge in [-0.25, -0.2) is 17.2 Å². The molecule has 21 heavy (non-hydrogen) atoms. The molecule has 9 heteroatoms. The molecule has 0 aliphatic heterocycles. The molecule has 0 atom stereocenters. The molecule has 0 saturated carbocycles.